The third kappa shape index (κ3) is 3.61. The van der Waals surface area contributed by atoms with Crippen molar-refractivity contribution >= 4 is 28.3 Å². The maximum atomic E-state index is 11.0. The largest absolute Gasteiger partial charge is 0.456 e. The predicted molar refractivity (Wildman–Crippen MR) is 45.2 cm³/mol. The molecule has 0 aliphatic heterocycles. The van der Waals surface area contributed by atoms with Crippen LogP contribution in [0.15, 0.2) is 5.51 Å². The Morgan fingerprint density at radius 2 is 2.46 bits per heavy atom. The lowest BCUT2D eigenvalue weighted by atomic mass is 10.6. The minimum Gasteiger partial charge on any atom is -0.456 e. The summed E-state index contributed by atoms with van der Waals surface area (Å²) >= 11 is 1.19. The molecule has 1 aromatic rings. The minimum atomic E-state index is -0.493. The fraction of sp³-hybridized carbons (Fsp3) is 0.333. The van der Waals surface area contributed by atoms with E-state index in [1.165, 1.54) is 23.8 Å². The molecule has 0 unspecified atom stereocenters. The first kappa shape index (κ1) is 9.59. The van der Waals surface area contributed by atoms with Crippen molar-refractivity contribution in [3.63, 3.8) is 0 Å². The summed E-state index contributed by atoms with van der Waals surface area (Å²) in [7, 11) is 0. The number of hydrogen-bond donors (Lipinski definition) is 1. The molecule has 0 fully saturated rings. The number of nitrogens with zero attached hydrogens (tertiary/aromatic N) is 2. The highest BCUT2D eigenvalue weighted by Crippen LogP contribution is 2.06. The van der Waals surface area contributed by atoms with Crippen molar-refractivity contribution in [3.05, 3.63) is 5.51 Å². The zero-order valence-corrected chi connectivity index (χ0v) is 7.63. The van der Waals surface area contributed by atoms with Crippen LogP contribution in [0.2, 0.25) is 0 Å². The number of rotatable bonds is 3. The minimum absolute atomic E-state index is 0.297. The summed E-state index contributed by atoms with van der Waals surface area (Å²) in [5, 5.41) is 9.89. The fourth-order valence-corrected chi connectivity index (χ4v) is 1.01. The van der Waals surface area contributed by atoms with E-state index in [2.05, 4.69) is 20.3 Å². The molecule has 1 N–H and O–H groups in total. The normalized spacial score (nSPS) is 9.31. The topological polar surface area (TPSA) is 81.2 Å². The van der Waals surface area contributed by atoms with E-state index in [0.29, 0.717) is 5.13 Å². The average Bonchev–Trinajstić information content (AvgIpc) is 2.53. The average molecular weight is 201 g/mol. The number of anilines is 1. The van der Waals surface area contributed by atoms with Crippen LogP contribution in [0.25, 0.3) is 0 Å². The first-order chi connectivity index (χ1) is 6.18. The molecule has 0 atom stereocenters. The zero-order valence-electron chi connectivity index (χ0n) is 6.81. The molecule has 1 heterocycles. The second-order valence-corrected chi connectivity index (χ2v) is 2.91. The molecule has 6 nitrogen and oxygen atoms in total. The second kappa shape index (κ2) is 4.51. The molecule has 0 aromatic carbocycles. The van der Waals surface area contributed by atoms with Crippen LogP contribution in [0.1, 0.15) is 6.92 Å². The molecule has 0 spiro atoms. The summed E-state index contributed by atoms with van der Waals surface area (Å²) in [6.07, 6.45) is 0. The Bertz CT molecular complexity index is 298. The molecule has 13 heavy (non-hydrogen) atoms. The third-order valence-corrected chi connectivity index (χ3v) is 1.62. The fourth-order valence-electron chi connectivity index (χ4n) is 0.550. The lowest BCUT2D eigenvalue weighted by molar-refractivity contribution is -0.144. The standard InChI is InChI=1S/C6H7N3O3S/c1-4(10)12-2-5(11)8-6-9-7-3-13-6/h3H,2H2,1H3,(H,8,9,11). The van der Waals surface area contributed by atoms with E-state index >= 15 is 0 Å². The summed E-state index contributed by atoms with van der Waals surface area (Å²) in [6.45, 7) is 0.938. The van der Waals surface area contributed by atoms with Gasteiger partial charge in [0.2, 0.25) is 5.13 Å². The van der Waals surface area contributed by atoms with Crippen LogP contribution in [0.3, 0.4) is 0 Å². The quantitative estimate of drug-likeness (QED) is 0.698. The van der Waals surface area contributed by atoms with Gasteiger partial charge in [0.15, 0.2) is 6.61 Å². The van der Waals surface area contributed by atoms with Gasteiger partial charge in [0.1, 0.15) is 5.51 Å². The van der Waals surface area contributed by atoms with Crippen LogP contribution in [0, 0.1) is 0 Å². The lowest BCUT2D eigenvalue weighted by Gasteiger charge is -2.00. The van der Waals surface area contributed by atoms with Gasteiger partial charge in [-0.15, -0.1) is 10.2 Å². The number of aromatic nitrogens is 2. The number of esters is 1. The van der Waals surface area contributed by atoms with E-state index in [1.807, 2.05) is 0 Å². The van der Waals surface area contributed by atoms with E-state index in [9.17, 15) is 9.59 Å². The third-order valence-electron chi connectivity index (χ3n) is 1.01. The van der Waals surface area contributed by atoms with Gasteiger partial charge in [-0.05, 0) is 0 Å². The molecule has 7 heteroatoms. The van der Waals surface area contributed by atoms with E-state index in [0.717, 1.165) is 0 Å². The Morgan fingerprint density at radius 3 is 3.00 bits per heavy atom. The number of nitrogens with one attached hydrogen (secondary N) is 1. The van der Waals surface area contributed by atoms with Crippen molar-refractivity contribution in [3.8, 4) is 0 Å². The van der Waals surface area contributed by atoms with Crippen molar-refractivity contribution in [2.75, 3.05) is 11.9 Å². The van der Waals surface area contributed by atoms with Gasteiger partial charge in [0.05, 0.1) is 0 Å². The Morgan fingerprint density at radius 1 is 1.69 bits per heavy atom. The lowest BCUT2D eigenvalue weighted by Crippen LogP contribution is -2.19. The highest BCUT2D eigenvalue weighted by Gasteiger charge is 2.05. The summed E-state index contributed by atoms with van der Waals surface area (Å²) < 4.78 is 4.46. The van der Waals surface area contributed by atoms with Gasteiger partial charge in [-0.1, -0.05) is 11.3 Å². The summed E-state index contributed by atoms with van der Waals surface area (Å²) in [5.74, 6) is -0.917. The van der Waals surface area contributed by atoms with Gasteiger partial charge in [0, 0.05) is 6.92 Å². The molecule has 0 saturated heterocycles. The highest BCUT2D eigenvalue weighted by atomic mass is 32.1. The molecule has 0 radical (unpaired) electrons. The van der Waals surface area contributed by atoms with Gasteiger partial charge >= 0.3 is 5.97 Å². The van der Waals surface area contributed by atoms with E-state index in [4.69, 9.17) is 0 Å². The van der Waals surface area contributed by atoms with Gasteiger partial charge in [-0.25, -0.2) is 0 Å². The summed E-state index contributed by atoms with van der Waals surface area (Å²) in [6, 6.07) is 0. The second-order valence-electron chi connectivity index (χ2n) is 2.07. The van der Waals surface area contributed by atoms with Crippen LogP contribution >= 0.6 is 11.3 Å². The Kier molecular flexibility index (Phi) is 3.32. The van der Waals surface area contributed by atoms with E-state index < -0.39 is 11.9 Å². The number of carbonyl (C=O) groups is 2. The van der Waals surface area contributed by atoms with Crippen LogP contribution in [0.4, 0.5) is 5.13 Å². The van der Waals surface area contributed by atoms with Crippen molar-refractivity contribution in [2.24, 2.45) is 0 Å². The predicted octanol–water partition coefficient (Wildman–Crippen LogP) is 0.0397. The van der Waals surface area contributed by atoms with Gasteiger partial charge < -0.3 is 4.74 Å². The highest BCUT2D eigenvalue weighted by molar-refractivity contribution is 7.13. The number of carbonyl (C=O) groups excluding carboxylic acids is 2. The SMILES string of the molecule is CC(=O)OCC(=O)Nc1nncs1. The number of ether oxygens (including phenoxy) is 1. The molecule has 0 saturated carbocycles. The van der Waals surface area contributed by atoms with Gasteiger partial charge in [-0.3, -0.25) is 14.9 Å². The summed E-state index contributed by atoms with van der Waals surface area (Å²) in [5.41, 5.74) is 1.49. The molecule has 1 rings (SSSR count). The van der Waals surface area contributed by atoms with E-state index in [-0.39, 0.29) is 6.61 Å². The molecule has 0 aliphatic rings. The summed E-state index contributed by atoms with van der Waals surface area (Å²) in [4.78, 5) is 21.3. The Balaban J connectivity index is 2.30. The van der Waals surface area contributed by atoms with Crippen molar-refractivity contribution in [1.29, 1.82) is 0 Å². The molecular formula is C6H7N3O3S. The van der Waals surface area contributed by atoms with Gasteiger partial charge in [0.25, 0.3) is 5.91 Å². The van der Waals surface area contributed by atoms with Crippen LogP contribution < -0.4 is 5.32 Å². The van der Waals surface area contributed by atoms with Crippen LogP contribution in [-0.2, 0) is 14.3 Å². The van der Waals surface area contributed by atoms with E-state index in [1.54, 1.807) is 0 Å². The number of hydrogen-bond acceptors (Lipinski definition) is 6. The maximum absolute atomic E-state index is 11.0. The molecular weight excluding hydrogens is 194 g/mol. The first-order valence-electron chi connectivity index (χ1n) is 3.38. The zero-order chi connectivity index (χ0) is 9.68. The van der Waals surface area contributed by atoms with Crippen molar-refractivity contribution in [2.45, 2.75) is 6.92 Å². The monoisotopic (exact) mass is 201 g/mol. The van der Waals surface area contributed by atoms with Crippen LogP contribution in [-0.4, -0.2) is 28.7 Å². The Labute approximate surface area is 77.9 Å². The van der Waals surface area contributed by atoms with Gasteiger partial charge in [-0.2, -0.15) is 0 Å². The number of amides is 1. The van der Waals surface area contributed by atoms with Crippen molar-refractivity contribution in [1.82, 2.24) is 10.2 Å². The molecule has 1 aromatic heterocycles. The molecule has 70 valence electrons. The van der Waals surface area contributed by atoms with Crippen LogP contribution in [0.5, 0.6) is 0 Å². The molecule has 0 bridgehead atoms. The first-order valence-corrected chi connectivity index (χ1v) is 4.26. The molecule has 0 aliphatic carbocycles. The smallest absolute Gasteiger partial charge is 0.303 e. The molecule has 1 amide bonds. The van der Waals surface area contributed by atoms with Crippen molar-refractivity contribution < 1.29 is 14.3 Å². The Hall–Kier alpha value is -1.50. The maximum Gasteiger partial charge on any atom is 0.303 e.